The molecule has 11 heteroatoms. The fourth-order valence-corrected chi connectivity index (χ4v) is 3.12. The zero-order valence-corrected chi connectivity index (χ0v) is 17.9. The van der Waals surface area contributed by atoms with Crippen molar-refractivity contribution in [2.45, 2.75) is 45.6 Å². The summed E-state index contributed by atoms with van der Waals surface area (Å²) in [6.07, 6.45) is -9.36. The Labute approximate surface area is 184 Å². The number of benzene rings is 2. The Balaban J connectivity index is 2.05. The molecule has 0 aliphatic heterocycles. The van der Waals surface area contributed by atoms with Crippen molar-refractivity contribution in [2.24, 2.45) is 0 Å². The average Bonchev–Trinajstić information content (AvgIpc) is 2.65. The molecule has 33 heavy (non-hydrogen) atoms. The van der Waals surface area contributed by atoms with Gasteiger partial charge in [0.25, 0.3) is 0 Å². The first-order chi connectivity index (χ1) is 15.0. The molecule has 0 saturated heterocycles. The van der Waals surface area contributed by atoms with Crippen LogP contribution in [0.25, 0.3) is 22.0 Å². The summed E-state index contributed by atoms with van der Waals surface area (Å²) < 4.78 is 84.5. The number of aromatic nitrogens is 2. The maximum atomic E-state index is 13.2. The molecule has 0 spiro atoms. The lowest BCUT2D eigenvalue weighted by atomic mass is 9.94. The van der Waals surface area contributed by atoms with E-state index in [0.717, 1.165) is 0 Å². The van der Waals surface area contributed by atoms with E-state index < -0.39 is 35.2 Å². The van der Waals surface area contributed by atoms with Gasteiger partial charge in [-0.15, -0.1) is 0 Å². The number of alkyl halides is 6. The third-order valence-corrected chi connectivity index (χ3v) is 4.55. The molecule has 176 valence electrons. The Morgan fingerprint density at radius 2 is 1.52 bits per heavy atom. The Morgan fingerprint density at radius 1 is 0.939 bits per heavy atom. The first-order valence-corrected chi connectivity index (χ1v) is 9.61. The van der Waals surface area contributed by atoms with E-state index >= 15 is 0 Å². The number of hydrogen-bond donors (Lipinski definition) is 1. The summed E-state index contributed by atoms with van der Waals surface area (Å²) in [5.41, 5.74) is -2.92. The molecular formula is C22H19F6N3O2. The van der Waals surface area contributed by atoms with Crippen molar-refractivity contribution in [1.29, 1.82) is 0 Å². The zero-order chi connectivity index (χ0) is 24.8. The minimum atomic E-state index is -4.95. The van der Waals surface area contributed by atoms with Gasteiger partial charge in [0.1, 0.15) is 5.60 Å². The molecule has 0 atom stereocenters. The lowest BCUT2D eigenvalue weighted by molar-refractivity contribution is -0.143. The van der Waals surface area contributed by atoms with Gasteiger partial charge in [-0.2, -0.15) is 26.3 Å². The van der Waals surface area contributed by atoms with Crippen LogP contribution < -0.4 is 5.32 Å². The number of carbonyl (C=O) groups excluding carboxylic acids is 1. The van der Waals surface area contributed by atoms with E-state index in [2.05, 4.69) is 15.3 Å². The molecule has 0 fully saturated rings. The number of halogens is 6. The maximum absolute atomic E-state index is 13.2. The van der Waals surface area contributed by atoms with Crippen molar-refractivity contribution in [3.05, 3.63) is 53.2 Å². The topological polar surface area (TPSA) is 64.1 Å². The molecule has 5 nitrogen and oxygen atoms in total. The summed E-state index contributed by atoms with van der Waals surface area (Å²) in [6, 6.07) is 4.22. The summed E-state index contributed by atoms with van der Waals surface area (Å²) in [5, 5.41) is 2.77. The highest BCUT2D eigenvalue weighted by Crippen LogP contribution is 2.40. The fraction of sp³-hybridized carbons (Fsp3) is 0.318. The number of rotatable bonds is 2. The number of amides is 1. The van der Waals surface area contributed by atoms with Gasteiger partial charge >= 0.3 is 18.4 Å². The van der Waals surface area contributed by atoms with Crippen LogP contribution in [-0.4, -0.2) is 21.7 Å². The SMILES string of the molecule is Cc1c(-c2cc(C(F)(F)F)cc(C(F)(F)F)c2)ccc2nc(NC(=O)OC(C)(C)C)ncc12. The van der Waals surface area contributed by atoms with Crippen LogP contribution in [0.1, 0.15) is 37.5 Å². The highest BCUT2D eigenvalue weighted by atomic mass is 19.4. The van der Waals surface area contributed by atoms with Gasteiger partial charge in [0.15, 0.2) is 0 Å². The molecular weight excluding hydrogens is 452 g/mol. The fourth-order valence-electron chi connectivity index (χ4n) is 3.12. The van der Waals surface area contributed by atoms with E-state index in [9.17, 15) is 31.1 Å². The maximum Gasteiger partial charge on any atom is 0.416 e. The molecule has 0 radical (unpaired) electrons. The van der Waals surface area contributed by atoms with Gasteiger partial charge in [-0.25, -0.2) is 14.8 Å². The van der Waals surface area contributed by atoms with Gasteiger partial charge in [-0.3, -0.25) is 5.32 Å². The second-order valence-electron chi connectivity index (χ2n) is 8.29. The summed E-state index contributed by atoms with van der Waals surface area (Å²) in [5.74, 6) is -0.0673. The third kappa shape index (κ3) is 5.71. The average molecular weight is 471 g/mol. The smallest absolute Gasteiger partial charge is 0.416 e. The minimum Gasteiger partial charge on any atom is -0.444 e. The molecule has 3 rings (SSSR count). The zero-order valence-electron chi connectivity index (χ0n) is 17.9. The first-order valence-electron chi connectivity index (χ1n) is 9.61. The monoisotopic (exact) mass is 471 g/mol. The number of carbonyl (C=O) groups is 1. The highest BCUT2D eigenvalue weighted by molar-refractivity contribution is 5.90. The van der Waals surface area contributed by atoms with Crippen molar-refractivity contribution >= 4 is 22.9 Å². The molecule has 0 aliphatic carbocycles. The highest BCUT2D eigenvalue weighted by Gasteiger charge is 2.37. The van der Waals surface area contributed by atoms with Crippen molar-refractivity contribution < 1.29 is 35.9 Å². The van der Waals surface area contributed by atoms with Crippen LogP contribution >= 0.6 is 0 Å². The molecule has 3 aromatic rings. The van der Waals surface area contributed by atoms with E-state index in [-0.39, 0.29) is 23.1 Å². The molecule has 0 bridgehead atoms. The van der Waals surface area contributed by atoms with Gasteiger partial charge in [-0.05, 0) is 68.7 Å². The van der Waals surface area contributed by atoms with Crippen LogP contribution in [0.5, 0.6) is 0 Å². The molecule has 0 aliphatic rings. The Hall–Kier alpha value is -3.37. The molecule has 1 heterocycles. The van der Waals surface area contributed by atoms with E-state index in [1.54, 1.807) is 20.8 Å². The van der Waals surface area contributed by atoms with Gasteiger partial charge in [-0.1, -0.05) is 6.07 Å². The van der Waals surface area contributed by atoms with Crippen LogP contribution in [-0.2, 0) is 17.1 Å². The summed E-state index contributed by atoms with van der Waals surface area (Å²) in [7, 11) is 0. The quantitative estimate of drug-likeness (QED) is 0.409. The van der Waals surface area contributed by atoms with Crippen molar-refractivity contribution in [3.8, 4) is 11.1 Å². The second kappa shape index (κ2) is 8.20. The normalized spacial score (nSPS) is 12.7. The van der Waals surface area contributed by atoms with Crippen LogP contribution in [0.2, 0.25) is 0 Å². The van der Waals surface area contributed by atoms with E-state index in [0.29, 0.717) is 28.6 Å². The summed E-state index contributed by atoms with van der Waals surface area (Å²) in [6.45, 7) is 6.57. The lowest BCUT2D eigenvalue weighted by Crippen LogP contribution is -2.27. The van der Waals surface area contributed by atoms with Crippen LogP contribution in [0.3, 0.4) is 0 Å². The van der Waals surface area contributed by atoms with E-state index in [1.165, 1.54) is 25.3 Å². The molecule has 0 unspecified atom stereocenters. The predicted molar refractivity (Wildman–Crippen MR) is 110 cm³/mol. The standard InChI is InChI=1S/C22H19F6N3O2/c1-11-15(12-7-13(21(23,24)25)9-14(8-12)22(26,27)28)5-6-17-16(11)10-29-18(30-17)31-19(32)33-20(2,3)4/h5-10H,1-4H3,(H,29,30,31,32). The molecule has 1 N–H and O–H groups in total. The predicted octanol–water partition coefficient (Wildman–Crippen LogP) is 6.99. The van der Waals surface area contributed by atoms with E-state index in [1.807, 2.05) is 0 Å². The third-order valence-electron chi connectivity index (χ3n) is 4.55. The summed E-state index contributed by atoms with van der Waals surface area (Å²) in [4.78, 5) is 20.1. The number of anilines is 1. The largest absolute Gasteiger partial charge is 0.444 e. The number of fused-ring (bicyclic) bond motifs is 1. The Kier molecular flexibility index (Phi) is 6.03. The summed E-state index contributed by atoms with van der Waals surface area (Å²) >= 11 is 0. The number of hydrogen-bond acceptors (Lipinski definition) is 4. The molecule has 1 aromatic heterocycles. The number of aryl methyl sites for hydroxylation is 1. The van der Waals surface area contributed by atoms with Gasteiger partial charge in [0.2, 0.25) is 5.95 Å². The minimum absolute atomic E-state index is 0.0673. The van der Waals surface area contributed by atoms with Gasteiger partial charge < -0.3 is 4.74 Å². The molecule has 1 amide bonds. The van der Waals surface area contributed by atoms with Gasteiger partial charge in [0, 0.05) is 11.6 Å². The van der Waals surface area contributed by atoms with Gasteiger partial charge in [0.05, 0.1) is 16.6 Å². The van der Waals surface area contributed by atoms with Crippen molar-refractivity contribution in [3.63, 3.8) is 0 Å². The van der Waals surface area contributed by atoms with Crippen LogP contribution in [0.4, 0.5) is 37.1 Å². The lowest BCUT2D eigenvalue weighted by Gasteiger charge is -2.19. The number of nitrogens with zero attached hydrogens (tertiary/aromatic N) is 2. The first kappa shape index (κ1) is 24.3. The number of ether oxygens (including phenoxy) is 1. The molecule has 2 aromatic carbocycles. The van der Waals surface area contributed by atoms with Crippen LogP contribution in [0, 0.1) is 6.92 Å². The van der Waals surface area contributed by atoms with Crippen molar-refractivity contribution in [2.75, 3.05) is 5.32 Å². The number of nitrogens with one attached hydrogen (secondary N) is 1. The Morgan fingerprint density at radius 3 is 2.03 bits per heavy atom. The van der Waals surface area contributed by atoms with Crippen molar-refractivity contribution in [1.82, 2.24) is 9.97 Å². The van der Waals surface area contributed by atoms with E-state index in [4.69, 9.17) is 4.74 Å². The molecule has 0 saturated carbocycles. The van der Waals surface area contributed by atoms with Crippen LogP contribution in [0.15, 0.2) is 36.5 Å². The Bertz CT molecular complexity index is 1180. The second-order valence-corrected chi connectivity index (χ2v) is 8.29.